The lowest BCUT2D eigenvalue weighted by Crippen LogP contribution is -2.39. The summed E-state index contributed by atoms with van der Waals surface area (Å²) in [5.41, 5.74) is 0.222. The molecule has 0 bridgehead atoms. The molecule has 0 radical (unpaired) electrons. The van der Waals surface area contributed by atoms with Gasteiger partial charge >= 0.3 is 12.1 Å². The molecule has 2 unspecified atom stereocenters. The van der Waals surface area contributed by atoms with Crippen molar-refractivity contribution in [3.05, 3.63) is 58.9 Å². The quantitative estimate of drug-likeness (QED) is 0.344. The number of hydrogen-bond donors (Lipinski definition) is 0. The Labute approximate surface area is 235 Å². The second-order valence-electron chi connectivity index (χ2n) is 9.59. The molecule has 1 amide bonds. The van der Waals surface area contributed by atoms with Gasteiger partial charge in [-0.2, -0.15) is 4.31 Å². The van der Waals surface area contributed by atoms with E-state index in [4.69, 9.17) is 14.2 Å². The van der Waals surface area contributed by atoms with Gasteiger partial charge in [-0.1, -0.05) is 45.9 Å². The number of carbonyl (C=O) groups is 2. The summed E-state index contributed by atoms with van der Waals surface area (Å²) in [6.07, 6.45) is 2.60. The predicted octanol–water partition coefficient (Wildman–Crippen LogP) is 5.45. The van der Waals surface area contributed by atoms with Crippen molar-refractivity contribution < 1.29 is 36.6 Å². The first kappa shape index (κ1) is 31.1. The van der Waals surface area contributed by atoms with Crippen LogP contribution in [0.5, 0.6) is 5.75 Å². The third-order valence-electron chi connectivity index (χ3n) is 7.24. The van der Waals surface area contributed by atoms with Gasteiger partial charge in [-0.05, 0) is 66.7 Å². The second-order valence-corrected chi connectivity index (χ2v) is 11.3. The van der Waals surface area contributed by atoms with Gasteiger partial charge in [0.05, 0.1) is 31.4 Å². The Kier molecular flexibility index (Phi) is 10.3. The number of fused-ring (bicyclic) bond motifs is 1. The Morgan fingerprint density at radius 3 is 2.42 bits per heavy atom. The van der Waals surface area contributed by atoms with E-state index in [0.29, 0.717) is 16.3 Å². The minimum absolute atomic E-state index is 0.00503. The highest BCUT2D eigenvalue weighted by Gasteiger charge is 2.39. The van der Waals surface area contributed by atoms with E-state index in [-0.39, 0.29) is 45.9 Å². The fourth-order valence-corrected chi connectivity index (χ4v) is 6.18. The van der Waals surface area contributed by atoms with Crippen LogP contribution in [0.2, 0.25) is 0 Å². The summed E-state index contributed by atoms with van der Waals surface area (Å²) < 4.78 is 58.6. The first-order valence-corrected chi connectivity index (χ1v) is 14.6. The summed E-state index contributed by atoms with van der Waals surface area (Å²) in [7, 11) is -2.54. The van der Waals surface area contributed by atoms with Crippen molar-refractivity contribution in [2.24, 2.45) is 5.92 Å². The number of carbonyl (C=O) groups excluding carboxylic acids is 2. The Morgan fingerprint density at radius 1 is 1.10 bits per heavy atom. The van der Waals surface area contributed by atoms with E-state index in [2.05, 4.69) is 4.90 Å². The molecule has 0 fully saturated rings. The number of benzene rings is 2. The molecule has 0 saturated carbocycles. The molecule has 9 nitrogen and oxygen atoms in total. The van der Waals surface area contributed by atoms with Crippen LogP contribution in [0.3, 0.4) is 0 Å². The Hall–Kier alpha value is -3.44. The maximum atomic E-state index is 14.3. The van der Waals surface area contributed by atoms with Crippen LogP contribution in [0.15, 0.2) is 41.3 Å². The van der Waals surface area contributed by atoms with Crippen molar-refractivity contribution in [2.45, 2.75) is 44.9 Å². The zero-order valence-electron chi connectivity index (χ0n) is 23.8. The van der Waals surface area contributed by atoms with E-state index in [1.165, 1.54) is 12.1 Å². The van der Waals surface area contributed by atoms with E-state index in [1.807, 2.05) is 27.7 Å². The molecule has 2 aromatic carbocycles. The molecular formula is C29H37FN2O7S. The number of methoxy groups -OCH3 is 2. The number of hydrogen-bond acceptors (Lipinski definition) is 8. The topological polar surface area (TPSA) is 102 Å². The van der Waals surface area contributed by atoms with Crippen molar-refractivity contribution in [3.8, 4) is 5.75 Å². The standard InChI is InChI=1S/C29H37FN2O7S/c1-7-31(8-2)16-10-9-11-21-17-22(30)12-15-25(21)40(35,36)32(29(34)38-6)24-14-13-23-20(4)19(3)18-39-27(23)26(24)28(33)37-5/h9,11-15,17,19-20H,7-8,10,16,18H2,1-6H3/b11-9-. The van der Waals surface area contributed by atoms with Crippen LogP contribution in [0.25, 0.3) is 6.08 Å². The molecule has 0 saturated heterocycles. The lowest BCUT2D eigenvalue weighted by molar-refractivity contribution is 0.0594. The van der Waals surface area contributed by atoms with Gasteiger partial charge in [-0.15, -0.1) is 0 Å². The molecule has 3 rings (SSSR count). The van der Waals surface area contributed by atoms with E-state index in [9.17, 15) is 22.4 Å². The fraction of sp³-hybridized carbons (Fsp3) is 0.448. The molecule has 0 N–H and O–H groups in total. The third-order valence-corrected chi connectivity index (χ3v) is 9.00. The molecule has 40 heavy (non-hydrogen) atoms. The van der Waals surface area contributed by atoms with E-state index in [1.54, 1.807) is 12.1 Å². The first-order valence-electron chi connectivity index (χ1n) is 13.2. The molecule has 2 atom stereocenters. The average Bonchev–Trinajstić information content (AvgIpc) is 2.94. The summed E-state index contributed by atoms with van der Waals surface area (Å²) >= 11 is 0. The molecule has 1 aliphatic heterocycles. The van der Waals surface area contributed by atoms with Crippen LogP contribution in [-0.2, 0) is 19.5 Å². The van der Waals surface area contributed by atoms with Gasteiger partial charge in [-0.3, -0.25) is 0 Å². The van der Waals surface area contributed by atoms with Gasteiger partial charge in [0, 0.05) is 6.54 Å². The molecule has 0 spiro atoms. The van der Waals surface area contributed by atoms with Gasteiger partial charge in [-0.25, -0.2) is 22.4 Å². The molecular weight excluding hydrogens is 539 g/mol. The van der Waals surface area contributed by atoms with Crippen LogP contribution >= 0.6 is 0 Å². The maximum Gasteiger partial charge on any atom is 0.428 e. The highest BCUT2D eigenvalue weighted by molar-refractivity contribution is 7.93. The van der Waals surface area contributed by atoms with Crippen LogP contribution < -0.4 is 9.04 Å². The lowest BCUT2D eigenvalue weighted by Gasteiger charge is -2.32. The number of amides is 1. The SMILES string of the molecule is CCN(CC)CC/C=C\c1cc(F)ccc1S(=O)(=O)N(C(=O)OC)c1ccc2c(c1C(=O)OC)OCC(C)C2C. The van der Waals surface area contributed by atoms with Crippen LogP contribution in [0.4, 0.5) is 14.9 Å². The van der Waals surface area contributed by atoms with Gasteiger partial charge in [0.1, 0.15) is 17.1 Å². The van der Waals surface area contributed by atoms with Crippen LogP contribution in [0, 0.1) is 11.7 Å². The molecule has 1 aliphatic rings. The smallest absolute Gasteiger partial charge is 0.428 e. The normalized spacial score (nSPS) is 16.9. The Balaban J connectivity index is 2.18. The molecule has 11 heteroatoms. The van der Waals surface area contributed by atoms with Crippen LogP contribution in [-0.4, -0.2) is 65.8 Å². The average molecular weight is 577 g/mol. The fourth-order valence-electron chi connectivity index (χ4n) is 4.64. The summed E-state index contributed by atoms with van der Waals surface area (Å²) in [5.74, 6) is -1.25. The minimum atomic E-state index is -4.72. The van der Waals surface area contributed by atoms with Crippen molar-refractivity contribution in [1.82, 2.24) is 4.90 Å². The highest BCUT2D eigenvalue weighted by atomic mass is 32.2. The zero-order valence-corrected chi connectivity index (χ0v) is 24.6. The highest BCUT2D eigenvalue weighted by Crippen LogP contribution is 2.44. The summed E-state index contributed by atoms with van der Waals surface area (Å²) in [5, 5.41) is 0. The number of nitrogens with zero attached hydrogens (tertiary/aromatic N) is 2. The van der Waals surface area contributed by atoms with Gasteiger partial charge in [0.15, 0.2) is 0 Å². The maximum absolute atomic E-state index is 14.3. The number of esters is 1. The number of rotatable bonds is 10. The van der Waals surface area contributed by atoms with E-state index in [0.717, 1.165) is 52.1 Å². The first-order chi connectivity index (χ1) is 19.0. The van der Waals surface area contributed by atoms with Crippen molar-refractivity contribution >= 4 is 33.8 Å². The summed E-state index contributed by atoms with van der Waals surface area (Å²) in [6, 6.07) is 6.15. The van der Waals surface area contributed by atoms with Gasteiger partial charge in [0.2, 0.25) is 0 Å². The van der Waals surface area contributed by atoms with E-state index >= 15 is 0 Å². The number of halogens is 1. The minimum Gasteiger partial charge on any atom is -0.492 e. The van der Waals surface area contributed by atoms with E-state index < -0.39 is 27.9 Å². The van der Waals surface area contributed by atoms with Gasteiger partial charge in [0.25, 0.3) is 10.0 Å². The molecule has 2 aromatic rings. The lowest BCUT2D eigenvalue weighted by atomic mass is 9.85. The largest absolute Gasteiger partial charge is 0.492 e. The van der Waals surface area contributed by atoms with Gasteiger partial charge < -0.3 is 19.1 Å². The predicted molar refractivity (Wildman–Crippen MR) is 151 cm³/mol. The van der Waals surface area contributed by atoms with Crippen molar-refractivity contribution in [1.29, 1.82) is 0 Å². The third kappa shape index (κ3) is 6.31. The Morgan fingerprint density at radius 2 is 1.80 bits per heavy atom. The number of sulfonamides is 1. The number of ether oxygens (including phenoxy) is 3. The summed E-state index contributed by atoms with van der Waals surface area (Å²) in [4.78, 5) is 28.0. The van der Waals surface area contributed by atoms with Crippen LogP contribution in [0.1, 0.15) is 61.5 Å². The van der Waals surface area contributed by atoms with Crippen molar-refractivity contribution in [2.75, 3.05) is 44.8 Å². The zero-order chi connectivity index (χ0) is 29.6. The molecule has 0 aromatic heterocycles. The van der Waals surface area contributed by atoms with Crippen molar-refractivity contribution in [3.63, 3.8) is 0 Å². The molecule has 0 aliphatic carbocycles. The molecule has 218 valence electrons. The molecule has 1 heterocycles. The second kappa shape index (κ2) is 13.3. The summed E-state index contributed by atoms with van der Waals surface area (Å²) in [6.45, 7) is 10.8. The Bertz CT molecular complexity index is 1370. The monoisotopic (exact) mass is 576 g/mol. The number of anilines is 1.